The highest BCUT2D eigenvalue weighted by Gasteiger charge is 2.07. The van der Waals surface area contributed by atoms with Crippen LogP contribution in [0.4, 0.5) is 10.5 Å². The van der Waals surface area contributed by atoms with Crippen molar-refractivity contribution in [2.75, 3.05) is 5.32 Å². The van der Waals surface area contributed by atoms with Crippen molar-refractivity contribution < 1.29 is 14.6 Å². The first-order valence-electron chi connectivity index (χ1n) is 5.92. The van der Waals surface area contributed by atoms with Gasteiger partial charge in [-0.15, -0.1) is 0 Å². The van der Waals surface area contributed by atoms with Crippen LogP contribution in [0.25, 0.3) is 0 Å². The highest BCUT2D eigenvalue weighted by molar-refractivity contribution is 5.86. The molecule has 0 unspecified atom stereocenters. The number of carbonyl (C=O) groups excluding carboxylic acids is 1. The van der Waals surface area contributed by atoms with Gasteiger partial charge in [-0.2, -0.15) is 0 Å². The van der Waals surface area contributed by atoms with Crippen molar-refractivity contribution in [2.24, 2.45) is 0 Å². The van der Waals surface area contributed by atoms with Crippen LogP contribution in [0.15, 0.2) is 48.5 Å². The Kier molecular flexibility index (Phi) is 4.03. The lowest BCUT2D eigenvalue weighted by atomic mass is 10.2. The number of hydrogen-bond acceptors (Lipinski definition) is 3. The van der Waals surface area contributed by atoms with Crippen LogP contribution in [-0.4, -0.2) is 11.2 Å². The molecule has 2 aromatic rings. The summed E-state index contributed by atoms with van der Waals surface area (Å²) >= 11 is 0. The maximum Gasteiger partial charge on any atom is 0.412 e. The van der Waals surface area contributed by atoms with E-state index >= 15 is 0 Å². The number of nitrogens with one attached hydrogen (secondary N) is 1. The van der Waals surface area contributed by atoms with Crippen molar-refractivity contribution in [1.82, 2.24) is 0 Å². The van der Waals surface area contributed by atoms with Crippen LogP contribution in [0.5, 0.6) is 5.75 Å². The quantitative estimate of drug-likeness (QED) is 0.828. The predicted molar refractivity (Wildman–Crippen MR) is 73.1 cm³/mol. The Bertz CT molecular complexity index is 567. The predicted octanol–water partition coefficient (Wildman–Crippen LogP) is 3.45. The molecular weight excluding hydrogens is 242 g/mol. The van der Waals surface area contributed by atoms with E-state index < -0.39 is 6.09 Å². The van der Waals surface area contributed by atoms with Crippen molar-refractivity contribution in [2.45, 2.75) is 13.5 Å². The highest BCUT2D eigenvalue weighted by Crippen LogP contribution is 2.23. The highest BCUT2D eigenvalue weighted by atomic mass is 16.5. The molecule has 0 aromatic heterocycles. The molecule has 19 heavy (non-hydrogen) atoms. The monoisotopic (exact) mass is 257 g/mol. The van der Waals surface area contributed by atoms with Crippen molar-refractivity contribution in [3.63, 3.8) is 0 Å². The van der Waals surface area contributed by atoms with Gasteiger partial charge < -0.3 is 9.84 Å². The van der Waals surface area contributed by atoms with E-state index in [-0.39, 0.29) is 12.4 Å². The molecule has 0 fully saturated rings. The van der Waals surface area contributed by atoms with Gasteiger partial charge in [0, 0.05) is 0 Å². The molecule has 0 saturated carbocycles. The number of phenolic OH excluding ortho intramolecular Hbond substituents is 1. The van der Waals surface area contributed by atoms with Crippen molar-refractivity contribution in [3.05, 3.63) is 59.7 Å². The zero-order chi connectivity index (χ0) is 13.7. The zero-order valence-corrected chi connectivity index (χ0v) is 10.6. The summed E-state index contributed by atoms with van der Waals surface area (Å²) < 4.78 is 5.06. The molecular formula is C15H15NO3. The largest absolute Gasteiger partial charge is 0.506 e. The molecule has 0 radical (unpaired) electrons. The van der Waals surface area contributed by atoms with Gasteiger partial charge in [-0.05, 0) is 30.2 Å². The molecule has 0 saturated heterocycles. The molecule has 2 rings (SSSR count). The van der Waals surface area contributed by atoms with Gasteiger partial charge in [-0.3, -0.25) is 5.32 Å². The van der Waals surface area contributed by atoms with Gasteiger partial charge in [0.05, 0.1) is 5.69 Å². The summed E-state index contributed by atoms with van der Waals surface area (Å²) in [6.45, 7) is 2.05. The number of aryl methyl sites for hydroxylation is 1. The lowest BCUT2D eigenvalue weighted by Crippen LogP contribution is -2.13. The molecule has 1 amide bonds. The minimum Gasteiger partial charge on any atom is -0.506 e. The fourth-order valence-corrected chi connectivity index (χ4v) is 1.62. The molecule has 2 aromatic carbocycles. The molecule has 0 bridgehead atoms. The molecule has 0 heterocycles. The Morgan fingerprint density at radius 1 is 1.21 bits per heavy atom. The van der Waals surface area contributed by atoms with Crippen molar-refractivity contribution in [3.8, 4) is 5.75 Å². The number of benzene rings is 2. The topological polar surface area (TPSA) is 58.6 Å². The van der Waals surface area contributed by atoms with Crippen LogP contribution in [0.2, 0.25) is 0 Å². The minimum absolute atomic E-state index is 0.0247. The van der Waals surface area contributed by atoms with Gasteiger partial charge in [0.2, 0.25) is 0 Å². The van der Waals surface area contributed by atoms with Gasteiger partial charge in [-0.25, -0.2) is 4.79 Å². The fraction of sp³-hybridized carbons (Fsp3) is 0.133. The number of anilines is 1. The van der Waals surface area contributed by atoms with Crippen LogP contribution in [0.1, 0.15) is 11.1 Å². The normalized spacial score (nSPS) is 9.95. The minimum atomic E-state index is -0.594. The van der Waals surface area contributed by atoms with Gasteiger partial charge in [-0.1, -0.05) is 36.4 Å². The number of amides is 1. The number of hydrogen-bond donors (Lipinski definition) is 2. The SMILES string of the molecule is Cc1ccc(NC(=O)OCc2ccccc2)c(O)c1. The molecule has 0 aliphatic heterocycles. The van der Waals surface area contributed by atoms with Crippen LogP contribution in [0, 0.1) is 6.92 Å². The summed E-state index contributed by atoms with van der Waals surface area (Å²) in [7, 11) is 0. The van der Waals surface area contributed by atoms with Crippen molar-refractivity contribution >= 4 is 11.8 Å². The van der Waals surface area contributed by atoms with E-state index in [9.17, 15) is 9.90 Å². The lowest BCUT2D eigenvalue weighted by Gasteiger charge is -2.09. The number of carbonyl (C=O) groups is 1. The lowest BCUT2D eigenvalue weighted by molar-refractivity contribution is 0.155. The van der Waals surface area contributed by atoms with E-state index in [0.717, 1.165) is 11.1 Å². The Balaban J connectivity index is 1.91. The van der Waals surface area contributed by atoms with Gasteiger partial charge in [0.25, 0.3) is 0 Å². The average Bonchev–Trinajstić information content (AvgIpc) is 2.41. The smallest absolute Gasteiger partial charge is 0.412 e. The van der Waals surface area contributed by atoms with E-state index in [4.69, 9.17) is 4.74 Å². The molecule has 2 N–H and O–H groups in total. The number of phenols is 1. The molecule has 0 spiro atoms. The Morgan fingerprint density at radius 3 is 2.63 bits per heavy atom. The molecule has 98 valence electrons. The molecule has 4 heteroatoms. The molecule has 0 atom stereocenters. The van der Waals surface area contributed by atoms with Crippen LogP contribution in [0.3, 0.4) is 0 Å². The number of ether oxygens (including phenoxy) is 1. The first-order chi connectivity index (χ1) is 9.15. The number of rotatable bonds is 3. The summed E-state index contributed by atoms with van der Waals surface area (Å²) in [5, 5.41) is 12.2. The summed E-state index contributed by atoms with van der Waals surface area (Å²) in [5.74, 6) is 0.0247. The second-order valence-electron chi connectivity index (χ2n) is 4.21. The first kappa shape index (κ1) is 13.0. The second kappa shape index (κ2) is 5.91. The van der Waals surface area contributed by atoms with Gasteiger partial charge >= 0.3 is 6.09 Å². The third-order valence-corrected chi connectivity index (χ3v) is 2.60. The second-order valence-corrected chi connectivity index (χ2v) is 4.21. The third kappa shape index (κ3) is 3.74. The standard InChI is InChI=1S/C15H15NO3/c1-11-7-8-13(14(17)9-11)16-15(18)19-10-12-5-3-2-4-6-12/h2-9,17H,10H2,1H3,(H,16,18). The van der Waals surface area contributed by atoms with Gasteiger partial charge in [0.1, 0.15) is 12.4 Å². The van der Waals surface area contributed by atoms with E-state index in [2.05, 4.69) is 5.32 Å². The van der Waals surface area contributed by atoms with E-state index in [1.165, 1.54) is 0 Å². The summed E-state index contributed by atoms with van der Waals surface area (Å²) in [6, 6.07) is 14.4. The fourth-order valence-electron chi connectivity index (χ4n) is 1.62. The Morgan fingerprint density at radius 2 is 1.95 bits per heavy atom. The average molecular weight is 257 g/mol. The maximum absolute atomic E-state index is 11.6. The van der Waals surface area contributed by atoms with E-state index in [1.807, 2.05) is 37.3 Å². The number of aromatic hydroxyl groups is 1. The Hall–Kier alpha value is -2.49. The van der Waals surface area contributed by atoms with Crippen molar-refractivity contribution in [1.29, 1.82) is 0 Å². The summed E-state index contributed by atoms with van der Waals surface area (Å²) in [6.07, 6.45) is -0.594. The maximum atomic E-state index is 11.6. The molecule has 0 aliphatic carbocycles. The van der Waals surface area contributed by atoms with Crippen LogP contribution < -0.4 is 5.32 Å². The first-order valence-corrected chi connectivity index (χ1v) is 5.92. The van der Waals surface area contributed by atoms with E-state index in [0.29, 0.717) is 5.69 Å². The Labute approximate surface area is 111 Å². The van der Waals surface area contributed by atoms with E-state index in [1.54, 1.807) is 18.2 Å². The van der Waals surface area contributed by atoms with Crippen LogP contribution >= 0.6 is 0 Å². The summed E-state index contributed by atoms with van der Waals surface area (Å²) in [5.41, 5.74) is 2.16. The van der Waals surface area contributed by atoms with Gasteiger partial charge in [0.15, 0.2) is 0 Å². The molecule has 4 nitrogen and oxygen atoms in total. The van der Waals surface area contributed by atoms with Crippen LogP contribution in [-0.2, 0) is 11.3 Å². The zero-order valence-electron chi connectivity index (χ0n) is 10.6. The third-order valence-electron chi connectivity index (χ3n) is 2.60. The summed E-state index contributed by atoms with van der Waals surface area (Å²) in [4.78, 5) is 11.6. The molecule has 0 aliphatic rings.